The molecule has 1 saturated heterocycles. The monoisotopic (exact) mass is 299 g/mol. The maximum atomic E-state index is 11.9. The van der Waals surface area contributed by atoms with Gasteiger partial charge in [-0.25, -0.2) is 4.79 Å². The Labute approximate surface area is 127 Å². The summed E-state index contributed by atoms with van der Waals surface area (Å²) < 4.78 is 0. The number of piperidine rings is 1. The van der Waals surface area contributed by atoms with Crippen LogP contribution in [-0.2, 0) is 4.79 Å². The highest BCUT2D eigenvalue weighted by Gasteiger charge is 2.18. The number of rotatable bonds is 8. The second-order valence-corrected chi connectivity index (χ2v) is 5.88. The van der Waals surface area contributed by atoms with Crippen LogP contribution >= 0.6 is 0 Å². The van der Waals surface area contributed by atoms with Gasteiger partial charge < -0.3 is 15.7 Å². The van der Waals surface area contributed by atoms with Gasteiger partial charge in [0.25, 0.3) is 0 Å². The fraction of sp³-hybridized carbons (Fsp3) is 0.867. The predicted octanol–water partition coefficient (Wildman–Crippen LogP) is 1.80. The summed E-state index contributed by atoms with van der Waals surface area (Å²) in [5.41, 5.74) is 0. The van der Waals surface area contributed by atoms with Crippen LogP contribution in [0.5, 0.6) is 0 Å². The maximum absolute atomic E-state index is 11.9. The highest BCUT2D eigenvalue weighted by molar-refractivity contribution is 5.75. The quantitative estimate of drug-likeness (QED) is 0.638. The summed E-state index contributed by atoms with van der Waals surface area (Å²) in [5, 5.41) is 14.4. The number of carbonyl (C=O) groups excluding carboxylic acids is 1. The molecule has 1 aliphatic heterocycles. The van der Waals surface area contributed by atoms with E-state index in [0.717, 1.165) is 19.5 Å². The average Bonchev–Trinajstić information content (AvgIpc) is 2.45. The van der Waals surface area contributed by atoms with Crippen LogP contribution in [0.2, 0.25) is 0 Å². The first-order chi connectivity index (χ1) is 10.0. The van der Waals surface area contributed by atoms with Crippen molar-refractivity contribution in [1.82, 2.24) is 15.5 Å². The summed E-state index contributed by atoms with van der Waals surface area (Å²) in [4.78, 5) is 25.0. The van der Waals surface area contributed by atoms with Gasteiger partial charge in [0.2, 0.25) is 0 Å². The van der Waals surface area contributed by atoms with Crippen LogP contribution in [0.25, 0.3) is 0 Å². The smallest absolute Gasteiger partial charge is 0.315 e. The second-order valence-electron chi connectivity index (χ2n) is 5.88. The highest BCUT2D eigenvalue weighted by atomic mass is 16.4. The molecule has 2 atom stereocenters. The number of urea groups is 1. The van der Waals surface area contributed by atoms with E-state index in [0.29, 0.717) is 19.0 Å². The van der Waals surface area contributed by atoms with Gasteiger partial charge in [0.05, 0.1) is 6.42 Å². The van der Waals surface area contributed by atoms with E-state index in [-0.39, 0.29) is 18.5 Å². The molecule has 1 fully saturated rings. The predicted molar refractivity (Wildman–Crippen MR) is 82.4 cm³/mol. The van der Waals surface area contributed by atoms with Crippen molar-refractivity contribution in [3.8, 4) is 0 Å². The number of hydrogen-bond acceptors (Lipinski definition) is 3. The third-order valence-corrected chi connectivity index (χ3v) is 3.97. The van der Waals surface area contributed by atoms with Gasteiger partial charge in [0, 0.05) is 18.6 Å². The Bertz CT molecular complexity index is 330. The van der Waals surface area contributed by atoms with Crippen molar-refractivity contribution in [2.75, 3.05) is 19.6 Å². The Hall–Kier alpha value is -1.30. The van der Waals surface area contributed by atoms with Crippen molar-refractivity contribution in [2.24, 2.45) is 0 Å². The zero-order chi connectivity index (χ0) is 15.7. The van der Waals surface area contributed by atoms with E-state index in [1.165, 1.54) is 19.3 Å². The molecule has 122 valence electrons. The Balaban J connectivity index is 2.29. The molecule has 1 rings (SSSR count). The summed E-state index contributed by atoms with van der Waals surface area (Å²) in [6, 6.07) is -0.239. The van der Waals surface area contributed by atoms with Crippen LogP contribution in [0, 0.1) is 0 Å². The molecule has 0 spiro atoms. The molecule has 2 amide bonds. The second kappa shape index (κ2) is 9.60. The molecule has 1 heterocycles. The highest BCUT2D eigenvalue weighted by Crippen LogP contribution is 2.11. The SMILES string of the molecule is CCCC(CC(=O)O)NC(=O)NCC(C)N1CCCCC1. The van der Waals surface area contributed by atoms with Crippen LogP contribution in [0.4, 0.5) is 4.79 Å². The zero-order valence-corrected chi connectivity index (χ0v) is 13.2. The topological polar surface area (TPSA) is 81.7 Å². The lowest BCUT2D eigenvalue weighted by molar-refractivity contribution is -0.137. The average molecular weight is 299 g/mol. The fourth-order valence-electron chi connectivity index (χ4n) is 2.75. The van der Waals surface area contributed by atoms with Crippen molar-refractivity contribution in [1.29, 1.82) is 0 Å². The minimum atomic E-state index is -0.879. The molecule has 6 nitrogen and oxygen atoms in total. The van der Waals surface area contributed by atoms with Gasteiger partial charge in [0.1, 0.15) is 0 Å². The van der Waals surface area contributed by atoms with E-state index in [1.807, 2.05) is 6.92 Å². The van der Waals surface area contributed by atoms with Crippen LogP contribution in [0.15, 0.2) is 0 Å². The number of nitrogens with zero attached hydrogens (tertiary/aromatic N) is 1. The molecule has 0 aliphatic carbocycles. The van der Waals surface area contributed by atoms with E-state index in [9.17, 15) is 9.59 Å². The Morgan fingerprint density at radius 3 is 2.48 bits per heavy atom. The van der Waals surface area contributed by atoms with Crippen molar-refractivity contribution in [3.63, 3.8) is 0 Å². The molecule has 0 aromatic heterocycles. The van der Waals surface area contributed by atoms with Gasteiger partial charge in [0.15, 0.2) is 0 Å². The standard InChI is InChI=1S/C15H29N3O3/c1-3-7-13(10-14(19)20)17-15(21)16-11-12(2)18-8-5-4-6-9-18/h12-13H,3-11H2,1-2H3,(H,19,20)(H2,16,17,21). The normalized spacial score (nSPS) is 18.8. The number of aliphatic carboxylic acids is 1. The Morgan fingerprint density at radius 2 is 1.90 bits per heavy atom. The number of hydrogen-bond donors (Lipinski definition) is 3. The van der Waals surface area contributed by atoms with Gasteiger partial charge in [-0.3, -0.25) is 9.69 Å². The summed E-state index contributed by atoms with van der Waals surface area (Å²) in [5.74, 6) is -0.879. The van der Waals surface area contributed by atoms with Gasteiger partial charge in [-0.2, -0.15) is 0 Å². The third-order valence-electron chi connectivity index (χ3n) is 3.97. The number of likely N-dealkylation sites (tertiary alicyclic amines) is 1. The minimum Gasteiger partial charge on any atom is -0.481 e. The van der Waals surface area contributed by atoms with Gasteiger partial charge >= 0.3 is 12.0 Å². The molecule has 6 heteroatoms. The van der Waals surface area contributed by atoms with Crippen LogP contribution in [-0.4, -0.2) is 53.7 Å². The molecule has 0 aromatic carbocycles. The molecule has 0 aromatic rings. The maximum Gasteiger partial charge on any atom is 0.315 e. The summed E-state index contributed by atoms with van der Waals surface area (Å²) >= 11 is 0. The van der Waals surface area contributed by atoms with E-state index >= 15 is 0 Å². The number of nitrogens with one attached hydrogen (secondary N) is 2. The van der Waals surface area contributed by atoms with Crippen molar-refractivity contribution in [2.45, 2.75) is 64.5 Å². The van der Waals surface area contributed by atoms with Crippen molar-refractivity contribution < 1.29 is 14.7 Å². The first-order valence-corrected chi connectivity index (χ1v) is 8.03. The molecule has 3 N–H and O–H groups in total. The Kier molecular flexibility index (Phi) is 8.12. The lowest BCUT2D eigenvalue weighted by Gasteiger charge is -2.32. The van der Waals surface area contributed by atoms with Crippen LogP contribution in [0.1, 0.15) is 52.4 Å². The molecular weight excluding hydrogens is 270 g/mol. The molecular formula is C15H29N3O3. The van der Waals surface area contributed by atoms with Gasteiger partial charge in [-0.05, 0) is 39.3 Å². The largest absolute Gasteiger partial charge is 0.481 e. The molecule has 21 heavy (non-hydrogen) atoms. The van der Waals surface area contributed by atoms with Crippen LogP contribution in [0.3, 0.4) is 0 Å². The number of carboxylic acid groups (broad SMARTS) is 1. The van der Waals surface area contributed by atoms with E-state index in [1.54, 1.807) is 0 Å². The summed E-state index contributed by atoms with van der Waals surface area (Å²) in [6.07, 6.45) is 5.26. The number of carboxylic acids is 1. The summed E-state index contributed by atoms with van der Waals surface area (Å²) in [6.45, 7) is 6.89. The van der Waals surface area contributed by atoms with Crippen molar-refractivity contribution >= 4 is 12.0 Å². The zero-order valence-electron chi connectivity index (χ0n) is 13.2. The summed E-state index contributed by atoms with van der Waals surface area (Å²) in [7, 11) is 0. The lowest BCUT2D eigenvalue weighted by atomic mass is 10.1. The first kappa shape index (κ1) is 17.8. The lowest BCUT2D eigenvalue weighted by Crippen LogP contribution is -2.49. The Morgan fingerprint density at radius 1 is 1.24 bits per heavy atom. The van der Waals surface area contributed by atoms with Gasteiger partial charge in [-0.15, -0.1) is 0 Å². The molecule has 2 unspecified atom stereocenters. The van der Waals surface area contributed by atoms with E-state index in [4.69, 9.17) is 5.11 Å². The fourth-order valence-corrected chi connectivity index (χ4v) is 2.75. The molecule has 1 aliphatic rings. The van der Waals surface area contributed by atoms with Gasteiger partial charge in [-0.1, -0.05) is 19.8 Å². The first-order valence-electron chi connectivity index (χ1n) is 8.03. The molecule has 0 saturated carbocycles. The number of carbonyl (C=O) groups is 2. The minimum absolute atomic E-state index is 0.0249. The van der Waals surface area contributed by atoms with E-state index in [2.05, 4.69) is 22.5 Å². The number of amides is 2. The van der Waals surface area contributed by atoms with E-state index < -0.39 is 5.97 Å². The van der Waals surface area contributed by atoms with Crippen molar-refractivity contribution in [3.05, 3.63) is 0 Å². The molecule has 0 bridgehead atoms. The molecule has 0 radical (unpaired) electrons. The van der Waals surface area contributed by atoms with Crippen LogP contribution < -0.4 is 10.6 Å². The third kappa shape index (κ3) is 7.32.